The van der Waals surface area contributed by atoms with Crippen LogP contribution < -0.4 is 5.32 Å². The van der Waals surface area contributed by atoms with Gasteiger partial charge in [-0.25, -0.2) is 4.79 Å². The number of nitrogens with one attached hydrogen (secondary N) is 1. The number of hydrogen-bond donors (Lipinski definition) is 2. The molecule has 2 aliphatic rings. The fourth-order valence-electron chi connectivity index (χ4n) is 2.99. The third-order valence-corrected chi connectivity index (χ3v) is 4.49. The summed E-state index contributed by atoms with van der Waals surface area (Å²) in [5.41, 5.74) is -1.25. The molecule has 7 heteroatoms. The second kappa shape index (κ2) is 5.26. The number of hydrogen-bond acceptors (Lipinski definition) is 2. The Hall–Kier alpha value is -1.27. The summed E-state index contributed by atoms with van der Waals surface area (Å²) in [6.45, 7) is 0. The molecule has 1 amide bonds. The Bertz CT molecular complexity index is 404. The van der Waals surface area contributed by atoms with Gasteiger partial charge in [0.1, 0.15) is 5.54 Å². The van der Waals surface area contributed by atoms with Gasteiger partial charge >= 0.3 is 12.1 Å². The maximum absolute atomic E-state index is 12.7. The van der Waals surface area contributed by atoms with E-state index in [0.29, 0.717) is 32.1 Å². The summed E-state index contributed by atoms with van der Waals surface area (Å²) in [5, 5.41) is 11.6. The molecular weight excluding hydrogens is 275 g/mol. The maximum Gasteiger partial charge on any atom is 0.391 e. The summed E-state index contributed by atoms with van der Waals surface area (Å²) in [5.74, 6) is -3.82. The maximum atomic E-state index is 12.7. The Balaban J connectivity index is 1.97. The van der Waals surface area contributed by atoms with Gasteiger partial charge in [0, 0.05) is 5.92 Å². The van der Waals surface area contributed by atoms with E-state index >= 15 is 0 Å². The van der Waals surface area contributed by atoms with Gasteiger partial charge in [-0.15, -0.1) is 0 Å². The second-order valence-corrected chi connectivity index (χ2v) is 5.83. The molecule has 2 aliphatic carbocycles. The number of alkyl halides is 3. The molecular formula is C13H18F3NO3. The van der Waals surface area contributed by atoms with Gasteiger partial charge in [0.2, 0.25) is 5.91 Å². The lowest BCUT2D eigenvalue weighted by Crippen LogP contribution is -2.60. The van der Waals surface area contributed by atoms with Gasteiger partial charge in [-0.2, -0.15) is 13.2 Å². The zero-order valence-corrected chi connectivity index (χ0v) is 11.0. The Morgan fingerprint density at radius 1 is 1.15 bits per heavy atom. The zero-order chi connectivity index (χ0) is 15.0. The molecule has 0 aliphatic heterocycles. The number of aliphatic carboxylic acids is 1. The van der Waals surface area contributed by atoms with Crippen LogP contribution in [0.25, 0.3) is 0 Å². The number of amides is 1. The van der Waals surface area contributed by atoms with E-state index in [-0.39, 0.29) is 12.8 Å². The summed E-state index contributed by atoms with van der Waals surface area (Å²) in [6, 6.07) is 0. The predicted molar refractivity (Wildman–Crippen MR) is 63.9 cm³/mol. The van der Waals surface area contributed by atoms with Crippen molar-refractivity contribution in [2.75, 3.05) is 0 Å². The number of rotatable bonds is 3. The number of carboxylic acid groups (broad SMARTS) is 1. The van der Waals surface area contributed by atoms with Crippen molar-refractivity contribution >= 4 is 11.9 Å². The van der Waals surface area contributed by atoms with Gasteiger partial charge in [-0.3, -0.25) is 4.79 Å². The van der Waals surface area contributed by atoms with Crippen LogP contribution in [-0.2, 0) is 9.59 Å². The van der Waals surface area contributed by atoms with Crippen LogP contribution in [0.5, 0.6) is 0 Å². The molecule has 0 aromatic heterocycles. The van der Waals surface area contributed by atoms with Crippen molar-refractivity contribution in [1.82, 2.24) is 5.32 Å². The molecule has 2 fully saturated rings. The normalized spacial score (nSPS) is 29.4. The minimum atomic E-state index is -4.28. The van der Waals surface area contributed by atoms with Crippen LogP contribution in [0.3, 0.4) is 0 Å². The van der Waals surface area contributed by atoms with Gasteiger partial charge in [0.15, 0.2) is 0 Å². The quantitative estimate of drug-likeness (QED) is 0.840. The van der Waals surface area contributed by atoms with Crippen LogP contribution in [0, 0.1) is 11.8 Å². The fraction of sp³-hybridized carbons (Fsp3) is 0.846. The van der Waals surface area contributed by atoms with E-state index < -0.39 is 35.4 Å². The van der Waals surface area contributed by atoms with Crippen molar-refractivity contribution in [3.05, 3.63) is 0 Å². The minimum Gasteiger partial charge on any atom is -0.480 e. The van der Waals surface area contributed by atoms with Crippen LogP contribution in [0.15, 0.2) is 0 Å². The number of carbonyl (C=O) groups is 2. The summed E-state index contributed by atoms with van der Waals surface area (Å²) >= 11 is 0. The highest BCUT2D eigenvalue weighted by Crippen LogP contribution is 2.40. The lowest BCUT2D eigenvalue weighted by molar-refractivity contribution is -0.186. The smallest absolute Gasteiger partial charge is 0.391 e. The highest BCUT2D eigenvalue weighted by atomic mass is 19.4. The van der Waals surface area contributed by atoms with Crippen LogP contribution >= 0.6 is 0 Å². The van der Waals surface area contributed by atoms with Gasteiger partial charge in [0.05, 0.1) is 5.92 Å². The number of halogens is 3. The molecule has 2 rings (SSSR count). The first-order valence-corrected chi connectivity index (χ1v) is 6.87. The van der Waals surface area contributed by atoms with Crippen LogP contribution in [0.4, 0.5) is 13.2 Å². The van der Waals surface area contributed by atoms with Crippen molar-refractivity contribution in [2.24, 2.45) is 11.8 Å². The van der Waals surface area contributed by atoms with Gasteiger partial charge < -0.3 is 10.4 Å². The Labute approximate surface area is 114 Å². The van der Waals surface area contributed by atoms with Crippen molar-refractivity contribution in [3.8, 4) is 0 Å². The molecule has 20 heavy (non-hydrogen) atoms. The largest absolute Gasteiger partial charge is 0.480 e. The van der Waals surface area contributed by atoms with Gasteiger partial charge in [0.25, 0.3) is 0 Å². The van der Waals surface area contributed by atoms with E-state index in [1.165, 1.54) is 0 Å². The second-order valence-electron chi connectivity index (χ2n) is 5.83. The van der Waals surface area contributed by atoms with E-state index in [2.05, 4.69) is 5.32 Å². The fourth-order valence-corrected chi connectivity index (χ4v) is 2.99. The first-order valence-electron chi connectivity index (χ1n) is 6.87. The number of carbonyl (C=O) groups excluding carboxylic acids is 1. The summed E-state index contributed by atoms with van der Waals surface area (Å²) in [6.07, 6.45) is -2.30. The molecule has 0 saturated heterocycles. The summed E-state index contributed by atoms with van der Waals surface area (Å²) < 4.78 is 38.1. The topological polar surface area (TPSA) is 66.4 Å². The first-order chi connectivity index (χ1) is 9.24. The van der Waals surface area contributed by atoms with Crippen LogP contribution in [0.2, 0.25) is 0 Å². The number of carboxylic acids is 1. The Morgan fingerprint density at radius 2 is 1.80 bits per heavy atom. The lowest BCUT2D eigenvalue weighted by atomic mass is 9.75. The van der Waals surface area contributed by atoms with E-state index in [1.807, 2.05) is 0 Å². The van der Waals surface area contributed by atoms with Crippen LogP contribution in [0.1, 0.15) is 44.9 Å². The summed E-state index contributed by atoms with van der Waals surface area (Å²) in [7, 11) is 0. The molecule has 0 heterocycles. The van der Waals surface area contributed by atoms with Gasteiger partial charge in [-0.05, 0) is 38.5 Å². The van der Waals surface area contributed by atoms with E-state index in [4.69, 9.17) is 5.11 Å². The molecule has 4 nitrogen and oxygen atoms in total. The van der Waals surface area contributed by atoms with E-state index in [0.717, 1.165) is 0 Å². The molecule has 0 bridgehead atoms. The highest BCUT2D eigenvalue weighted by Gasteiger charge is 2.48. The zero-order valence-electron chi connectivity index (χ0n) is 11.0. The minimum absolute atomic E-state index is 0.0529. The standard InChI is InChI=1S/C13H18F3NO3/c14-13(15,16)9-4-1-3-8(7-9)10(18)17-12(11(19)20)5-2-6-12/h8-9H,1-7H2,(H,17,18)(H,19,20). The Morgan fingerprint density at radius 3 is 2.25 bits per heavy atom. The third-order valence-electron chi connectivity index (χ3n) is 4.49. The first kappa shape index (κ1) is 15.1. The molecule has 2 saturated carbocycles. The molecule has 0 spiro atoms. The van der Waals surface area contributed by atoms with E-state index in [1.54, 1.807) is 0 Å². The van der Waals surface area contributed by atoms with Crippen molar-refractivity contribution in [1.29, 1.82) is 0 Å². The molecule has 0 radical (unpaired) electrons. The van der Waals surface area contributed by atoms with Crippen LogP contribution in [-0.4, -0.2) is 28.7 Å². The van der Waals surface area contributed by atoms with Crippen molar-refractivity contribution < 1.29 is 27.9 Å². The molecule has 114 valence electrons. The monoisotopic (exact) mass is 293 g/mol. The average molecular weight is 293 g/mol. The molecule has 0 aromatic rings. The predicted octanol–water partition coefficient (Wildman–Crippen LogP) is 2.48. The molecule has 2 N–H and O–H groups in total. The molecule has 0 aromatic carbocycles. The molecule has 2 unspecified atom stereocenters. The SMILES string of the molecule is O=C(NC1(C(=O)O)CCC1)C1CCCC(C(F)(F)F)C1. The Kier molecular flexibility index (Phi) is 3.97. The highest BCUT2D eigenvalue weighted by molar-refractivity contribution is 5.88. The molecule has 2 atom stereocenters. The summed E-state index contributed by atoms with van der Waals surface area (Å²) in [4.78, 5) is 23.2. The third kappa shape index (κ3) is 2.91. The average Bonchev–Trinajstić information content (AvgIpc) is 2.32. The van der Waals surface area contributed by atoms with Gasteiger partial charge in [-0.1, -0.05) is 6.42 Å². The van der Waals surface area contributed by atoms with Crippen molar-refractivity contribution in [3.63, 3.8) is 0 Å². The van der Waals surface area contributed by atoms with E-state index in [9.17, 15) is 22.8 Å². The lowest BCUT2D eigenvalue weighted by Gasteiger charge is -2.40. The van der Waals surface area contributed by atoms with Crippen molar-refractivity contribution in [2.45, 2.75) is 56.7 Å².